The summed E-state index contributed by atoms with van der Waals surface area (Å²) < 4.78 is 0. The van der Waals surface area contributed by atoms with E-state index in [1.165, 1.54) is 5.56 Å². The molecule has 1 heteroatoms. The molecule has 0 aliphatic carbocycles. The number of benzene rings is 4. The minimum absolute atomic E-state index is 0.504. The number of allylic oxidation sites excluding steroid dienone is 3. The van der Waals surface area contributed by atoms with Crippen molar-refractivity contribution in [3.63, 3.8) is 0 Å². The van der Waals surface area contributed by atoms with E-state index in [0.29, 0.717) is 5.71 Å². The summed E-state index contributed by atoms with van der Waals surface area (Å²) in [5.41, 5.74) is 12.3. The molecular weight excluding hydrogens is 470 g/mol. The second kappa shape index (κ2) is 11.8. The van der Waals surface area contributed by atoms with Gasteiger partial charge in [-0.3, -0.25) is 0 Å². The third kappa shape index (κ3) is 4.80. The topological polar surface area (TPSA) is 23.9 Å². The fourth-order valence-corrected chi connectivity index (χ4v) is 5.54. The summed E-state index contributed by atoms with van der Waals surface area (Å²) in [5, 5.41) is 10.5. The van der Waals surface area contributed by atoms with Crippen LogP contribution in [0.4, 0.5) is 0 Å². The third-order valence-electron chi connectivity index (χ3n) is 7.31. The van der Waals surface area contributed by atoms with Crippen molar-refractivity contribution in [3.05, 3.63) is 139 Å². The van der Waals surface area contributed by atoms with Gasteiger partial charge in [0.1, 0.15) is 0 Å². The van der Waals surface area contributed by atoms with Crippen molar-refractivity contribution in [2.24, 2.45) is 0 Å². The van der Waals surface area contributed by atoms with Crippen LogP contribution in [0.1, 0.15) is 47.2 Å². The molecule has 0 saturated carbocycles. The van der Waals surface area contributed by atoms with Crippen molar-refractivity contribution in [3.8, 4) is 22.3 Å². The van der Waals surface area contributed by atoms with Gasteiger partial charge in [0.2, 0.25) is 0 Å². The maximum atomic E-state index is 8.17. The number of fused-ring (bicyclic) bond motifs is 1. The van der Waals surface area contributed by atoms with Crippen LogP contribution in [-0.4, -0.2) is 5.71 Å². The molecule has 1 nitrogen and oxygen atoms in total. The van der Waals surface area contributed by atoms with Gasteiger partial charge >= 0.3 is 0 Å². The fraction of sp³-hybridized carbons (Fsp3) is 0.0789. The average molecular weight is 506 g/mol. The molecule has 0 spiro atoms. The van der Waals surface area contributed by atoms with Crippen molar-refractivity contribution in [1.29, 1.82) is 5.41 Å². The summed E-state index contributed by atoms with van der Waals surface area (Å²) in [7, 11) is 0. The first-order valence-corrected chi connectivity index (χ1v) is 13.2. The van der Waals surface area contributed by atoms with Gasteiger partial charge < -0.3 is 5.41 Å². The molecule has 0 aliphatic rings. The standard InChI is InChI=1S/C38H35N/c1-8-16-33(25(7)39)27-19-21-28(22-20-27)37-31(12-5)32(13-6)38(35-18-15-14-17-34(35)37)36-24-23-26(9-2)29(10-3)30(36)11-4/h8,10-24,39H,1,3-6,9H2,2,7H3/b33-16+,39-25?. The normalized spacial score (nSPS) is 11.2. The molecule has 4 rings (SSSR count). The lowest BCUT2D eigenvalue weighted by molar-refractivity contribution is 1.13. The van der Waals surface area contributed by atoms with Crippen molar-refractivity contribution in [2.45, 2.75) is 20.3 Å². The van der Waals surface area contributed by atoms with Gasteiger partial charge in [0, 0.05) is 11.3 Å². The number of aryl methyl sites for hydroxylation is 1. The van der Waals surface area contributed by atoms with Crippen molar-refractivity contribution < 1.29 is 0 Å². The maximum Gasteiger partial charge on any atom is 0.0361 e. The van der Waals surface area contributed by atoms with Crippen molar-refractivity contribution in [1.82, 2.24) is 0 Å². The molecule has 0 aromatic heterocycles. The van der Waals surface area contributed by atoms with Crippen LogP contribution in [-0.2, 0) is 6.42 Å². The Morgan fingerprint density at radius 3 is 1.77 bits per heavy atom. The van der Waals surface area contributed by atoms with Crippen molar-refractivity contribution in [2.75, 3.05) is 0 Å². The Morgan fingerprint density at radius 2 is 1.26 bits per heavy atom. The van der Waals surface area contributed by atoms with Gasteiger partial charge in [0.25, 0.3) is 0 Å². The highest BCUT2D eigenvalue weighted by Gasteiger charge is 2.21. The molecule has 0 unspecified atom stereocenters. The van der Waals surface area contributed by atoms with Gasteiger partial charge in [-0.1, -0.05) is 137 Å². The van der Waals surface area contributed by atoms with Gasteiger partial charge in [-0.15, -0.1) is 0 Å². The Kier molecular flexibility index (Phi) is 8.22. The predicted molar refractivity (Wildman–Crippen MR) is 176 cm³/mol. The molecule has 0 atom stereocenters. The predicted octanol–water partition coefficient (Wildman–Crippen LogP) is 10.9. The van der Waals surface area contributed by atoms with E-state index in [2.05, 4.69) is 100 Å². The lowest BCUT2D eigenvalue weighted by Gasteiger charge is -2.22. The molecule has 0 fully saturated rings. The molecule has 0 bridgehead atoms. The van der Waals surface area contributed by atoms with Crippen LogP contribution in [0.3, 0.4) is 0 Å². The Balaban J connectivity index is 2.10. The lowest BCUT2D eigenvalue weighted by Crippen LogP contribution is -2.00. The van der Waals surface area contributed by atoms with E-state index in [9.17, 15) is 0 Å². The highest BCUT2D eigenvalue weighted by Crippen LogP contribution is 2.45. The van der Waals surface area contributed by atoms with E-state index in [4.69, 9.17) is 5.41 Å². The molecule has 4 aromatic carbocycles. The van der Waals surface area contributed by atoms with Crippen LogP contribution in [0.25, 0.3) is 62.9 Å². The first kappa shape index (κ1) is 27.3. The molecule has 1 N–H and O–H groups in total. The molecule has 0 radical (unpaired) electrons. The zero-order valence-corrected chi connectivity index (χ0v) is 23.0. The van der Waals surface area contributed by atoms with Gasteiger partial charge in [0.15, 0.2) is 0 Å². The van der Waals surface area contributed by atoms with Gasteiger partial charge in [0.05, 0.1) is 0 Å². The number of hydrogen-bond donors (Lipinski definition) is 1. The molecule has 192 valence electrons. The van der Waals surface area contributed by atoms with Crippen LogP contribution in [0.15, 0.2) is 106 Å². The molecule has 0 heterocycles. The van der Waals surface area contributed by atoms with E-state index in [1.54, 1.807) is 13.0 Å². The zero-order chi connectivity index (χ0) is 28.1. The minimum atomic E-state index is 0.504. The smallest absolute Gasteiger partial charge is 0.0361 e. The Morgan fingerprint density at radius 1 is 0.692 bits per heavy atom. The average Bonchev–Trinajstić information content (AvgIpc) is 2.97. The second-order valence-corrected chi connectivity index (χ2v) is 9.41. The Hall–Kier alpha value is -4.75. The highest BCUT2D eigenvalue weighted by atomic mass is 14.4. The van der Waals surface area contributed by atoms with E-state index in [1.807, 2.05) is 30.4 Å². The lowest BCUT2D eigenvalue weighted by atomic mass is 9.81. The summed E-state index contributed by atoms with van der Waals surface area (Å²) in [4.78, 5) is 0. The quantitative estimate of drug-likeness (QED) is 0.164. The first-order chi connectivity index (χ1) is 18.9. The molecule has 0 amide bonds. The summed E-state index contributed by atoms with van der Waals surface area (Å²) in [6.45, 7) is 24.5. The highest BCUT2D eigenvalue weighted by molar-refractivity contribution is 6.21. The molecule has 4 aromatic rings. The summed E-state index contributed by atoms with van der Waals surface area (Å²) >= 11 is 0. The van der Waals surface area contributed by atoms with Crippen molar-refractivity contribution >= 4 is 46.4 Å². The zero-order valence-electron chi connectivity index (χ0n) is 23.0. The van der Waals surface area contributed by atoms with E-state index >= 15 is 0 Å². The summed E-state index contributed by atoms with van der Waals surface area (Å²) in [6.07, 6.45) is 12.3. The number of rotatable bonds is 10. The molecule has 39 heavy (non-hydrogen) atoms. The maximum absolute atomic E-state index is 8.17. The number of nitrogens with one attached hydrogen (secondary N) is 1. The summed E-state index contributed by atoms with van der Waals surface area (Å²) in [5.74, 6) is 0. The van der Waals surface area contributed by atoms with Gasteiger partial charge in [-0.2, -0.15) is 0 Å². The molecule has 0 saturated heterocycles. The number of hydrogen-bond acceptors (Lipinski definition) is 1. The third-order valence-corrected chi connectivity index (χ3v) is 7.31. The molecule has 0 aliphatic heterocycles. The molecular formula is C38H35N. The Bertz CT molecular complexity index is 1670. The van der Waals surface area contributed by atoms with Crippen LogP contribution in [0.2, 0.25) is 0 Å². The fourth-order valence-electron chi connectivity index (χ4n) is 5.54. The van der Waals surface area contributed by atoms with Crippen LogP contribution in [0.5, 0.6) is 0 Å². The van der Waals surface area contributed by atoms with Crippen LogP contribution >= 0.6 is 0 Å². The van der Waals surface area contributed by atoms with Crippen LogP contribution < -0.4 is 0 Å². The Labute approximate surface area is 233 Å². The SMILES string of the molecule is C=C/C=C(\C(C)=N)c1ccc(-c2c(C=C)c(C=C)c(-c3ccc(CC)c(C=C)c3C=C)c3ccccc23)cc1. The monoisotopic (exact) mass is 505 g/mol. The van der Waals surface area contributed by atoms with E-state index in [-0.39, 0.29) is 0 Å². The first-order valence-electron chi connectivity index (χ1n) is 13.2. The summed E-state index contributed by atoms with van der Waals surface area (Å²) in [6, 6.07) is 21.3. The minimum Gasteiger partial charge on any atom is -0.305 e. The van der Waals surface area contributed by atoms with Gasteiger partial charge in [-0.25, -0.2) is 0 Å². The van der Waals surface area contributed by atoms with E-state index < -0.39 is 0 Å². The second-order valence-electron chi connectivity index (χ2n) is 9.41. The van der Waals surface area contributed by atoms with E-state index in [0.717, 1.165) is 72.8 Å². The van der Waals surface area contributed by atoms with Crippen LogP contribution in [0, 0.1) is 5.41 Å². The largest absolute Gasteiger partial charge is 0.305 e. The van der Waals surface area contributed by atoms with Gasteiger partial charge in [-0.05, 0) is 79.8 Å².